The second-order valence-corrected chi connectivity index (χ2v) is 4.97. The fourth-order valence-corrected chi connectivity index (χ4v) is 2.57. The summed E-state index contributed by atoms with van der Waals surface area (Å²) in [6.45, 7) is 1.13. The van der Waals surface area contributed by atoms with Gasteiger partial charge in [0, 0.05) is 18.0 Å². The van der Waals surface area contributed by atoms with E-state index < -0.39 is 0 Å². The molecular weight excluding hydrogens is 238 g/mol. The van der Waals surface area contributed by atoms with Crippen molar-refractivity contribution in [1.29, 1.82) is 0 Å². The van der Waals surface area contributed by atoms with Gasteiger partial charge in [0.25, 0.3) is 0 Å². The number of rotatable bonds is 4. The van der Waals surface area contributed by atoms with Gasteiger partial charge in [0.05, 0.1) is 19.0 Å². The summed E-state index contributed by atoms with van der Waals surface area (Å²) < 4.78 is 5.25. The fraction of sp³-hybridized carbons (Fsp3) is 0.400. The predicted molar refractivity (Wildman–Crippen MR) is 75.3 cm³/mol. The molecule has 0 bridgehead atoms. The van der Waals surface area contributed by atoms with Gasteiger partial charge in [-0.05, 0) is 31.5 Å². The van der Waals surface area contributed by atoms with E-state index in [9.17, 15) is 0 Å². The van der Waals surface area contributed by atoms with Gasteiger partial charge in [-0.3, -0.25) is 0 Å². The topological polar surface area (TPSA) is 49.9 Å². The summed E-state index contributed by atoms with van der Waals surface area (Å²) >= 11 is 0. The van der Waals surface area contributed by atoms with Crippen LogP contribution in [0.15, 0.2) is 30.5 Å². The first-order chi connectivity index (χ1) is 9.35. The molecule has 0 spiro atoms. The summed E-state index contributed by atoms with van der Waals surface area (Å²) in [5.41, 5.74) is 2.16. The molecule has 4 heteroatoms. The number of benzene rings is 1. The van der Waals surface area contributed by atoms with Crippen molar-refractivity contribution >= 4 is 0 Å². The molecule has 1 aromatic carbocycles. The lowest BCUT2D eigenvalue weighted by Crippen LogP contribution is -2.24. The van der Waals surface area contributed by atoms with Crippen LogP contribution in [0.5, 0.6) is 5.75 Å². The molecule has 0 amide bonds. The largest absolute Gasteiger partial charge is 0.497 e. The summed E-state index contributed by atoms with van der Waals surface area (Å²) in [5, 5.41) is 3.49. The zero-order valence-corrected chi connectivity index (χ0v) is 11.1. The van der Waals surface area contributed by atoms with Crippen LogP contribution in [-0.4, -0.2) is 29.7 Å². The number of nitrogens with one attached hydrogen (secondary N) is 2. The Balaban J connectivity index is 1.76. The molecule has 4 nitrogen and oxygen atoms in total. The number of hydrogen-bond acceptors (Lipinski definition) is 3. The van der Waals surface area contributed by atoms with Crippen LogP contribution in [0.2, 0.25) is 0 Å². The standard InChI is InChI=1S/C15H19N3O/c1-19-13-6-2-4-11(8-13)14-10-17-15(18-14)9-12-5-3-7-16-12/h2,4,6,8,10,12,16H,3,5,7,9H2,1H3,(H,17,18). The minimum atomic E-state index is 0.573. The Hall–Kier alpha value is -1.81. The number of aromatic amines is 1. The number of hydrogen-bond donors (Lipinski definition) is 2. The average molecular weight is 257 g/mol. The van der Waals surface area contributed by atoms with Crippen LogP contribution >= 0.6 is 0 Å². The van der Waals surface area contributed by atoms with Gasteiger partial charge in [-0.15, -0.1) is 0 Å². The molecule has 2 aromatic rings. The first-order valence-electron chi connectivity index (χ1n) is 6.77. The van der Waals surface area contributed by atoms with E-state index in [4.69, 9.17) is 4.74 Å². The number of ether oxygens (including phenoxy) is 1. The van der Waals surface area contributed by atoms with E-state index in [1.54, 1.807) is 7.11 Å². The highest BCUT2D eigenvalue weighted by molar-refractivity contribution is 5.60. The van der Waals surface area contributed by atoms with Crippen molar-refractivity contribution in [3.63, 3.8) is 0 Å². The Labute approximate surface area is 113 Å². The smallest absolute Gasteiger partial charge is 0.119 e. The SMILES string of the molecule is COc1cccc(-c2cnc(CC3CCCN3)[nH]2)c1. The number of H-pyrrole nitrogens is 1. The van der Waals surface area contributed by atoms with Crippen LogP contribution in [0.3, 0.4) is 0 Å². The lowest BCUT2D eigenvalue weighted by Gasteiger charge is -2.07. The first-order valence-corrected chi connectivity index (χ1v) is 6.77. The molecule has 19 heavy (non-hydrogen) atoms. The summed E-state index contributed by atoms with van der Waals surface area (Å²) in [6, 6.07) is 8.60. The van der Waals surface area contributed by atoms with Gasteiger partial charge in [0.15, 0.2) is 0 Å². The van der Waals surface area contributed by atoms with Gasteiger partial charge < -0.3 is 15.0 Å². The summed E-state index contributed by atoms with van der Waals surface area (Å²) in [7, 11) is 1.68. The van der Waals surface area contributed by atoms with E-state index in [0.717, 1.165) is 35.8 Å². The van der Waals surface area contributed by atoms with E-state index >= 15 is 0 Å². The first kappa shape index (κ1) is 12.2. The maximum absolute atomic E-state index is 5.25. The highest BCUT2D eigenvalue weighted by Gasteiger charge is 2.16. The molecule has 1 saturated heterocycles. The number of methoxy groups -OCH3 is 1. The maximum atomic E-state index is 5.25. The van der Waals surface area contributed by atoms with Gasteiger partial charge in [0.2, 0.25) is 0 Å². The number of aromatic nitrogens is 2. The molecule has 1 unspecified atom stereocenters. The molecule has 100 valence electrons. The van der Waals surface area contributed by atoms with Crippen LogP contribution in [-0.2, 0) is 6.42 Å². The molecule has 0 saturated carbocycles. The van der Waals surface area contributed by atoms with Gasteiger partial charge in [-0.25, -0.2) is 4.98 Å². The second-order valence-electron chi connectivity index (χ2n) is 4.97. The molecule has 1 aliphatic heterocycles. The third kappa shape index (κ3) is 2.79. The zero-order valence-electron chi connectivity index (χ0n) is 11.1. The Morgan fingerprint density at radius 1 is 1.42 bits per heavy atom. The molecule has 3 rings (SSSR count). The van der Waals surface area contributed by atoms with Crippen molar-refractivity contribution in [1.82, 2.24) is 15.3 Å². The molecule has 1 atom stereocenters. The third-order valence-corrected chi connectivity index (χ3v) is 3.61. The van der Waals surface area contributed by atoms with Crippen LogP contribution < -0.4 is 10.1 Å². The average Bonchev–Trinajstić information content (AvgIpc) is 3.11. The minimum Gasteiger partial charge on any atom is -0.497 e. The molecule has 1 aromatic heterocycles. The summed E-state index contributed by atoms with van der Waals surface area (Å²) in [4.78, 5) is 7.88. The van der Waals surface area contributed by atoms with Crippen molar-refractivity contribution in [3.8, 4) is 17.0 Å². The van der Waals surface area contributed by atoms with Gasteiger partial charge in [0.1, 0.15) is 11.6 Å². The van der Waals surface area contributed by atoms with Gasteiger partial charge in [-0.2, -0.15) is 0 Å². The Kier molecular flexibility index (Phi) is 3.51. The lowest BCUT2D eigenvalue weighted by molar-refractivity contribution is 0.415. The molecule has 0 aliphatic carbocycles. The monoisotopic (exact) mass is 257 g/mol. The lowest BCUT2D eigenvalue weighted by atomic mass is 10.1. The Morgan fingerprint density at radius 3 is 3.16 bits per heavy atom. The van der Waals surface area contributed by atoms with E-state index in [2.05, 4.69) is 21.4 Å². The van der Waals surface area contributed by atoms with Crippen LogP contribution in [0.4, 0.5) is 0 Å². The maximum Gasteiger partial charge on any atom is 0.119 e. The molecule has 1 fully saturated rings. The molecule has 2 heterocycles. The molecule has 0 radical (unpaired) electrons. The van der Waals surface area contributed by atoms with E-state index in [-0.39, 0.29) is 0 Å². The van der Waals surface area contributed by atoms with Crippen LogP contribution in [0.1, 0.15) is 18.7 Å². The van der Waals surface area contributed by atoms with Gasteiger partial charge in [-0.1, -0.05) is 12.1 Å². The van der Waals surface area contributed by atoms with Crippen LogP contribution in [0, 0.1) is 0 Å². The number of nitrogens with zero attached hydrogens (tertiary/aromatic N) is 1. The summed E-state index contributed by atoms with van der Waals surface area (Å²) in [6.07, 6.45) is 5.40. The second kappa shape index (κ2) is 5.45. The quantitative estimate of drug-likeness (QED) is 0.884. The van der Waals surface area contributed by atoms with Crippen molar-refractivity contribution in [2.24, 2.45) is 0 Å². The highest BCUT2D eigenvalue weighted by Crippen LogP contribution is 2.22. The van der Waals surface area contributed by atoms with Crippen molar-refractivity contribution in [2.75, 3.05) is 13.7 Å². The Morgan fingerprint density at radius 2 is 2.37 bits per heavy atom. The van der Waals surface area contributed by atoms with E-state index in [0.29, 0.717) is 6.04 Å². The highest BCUT2D eigenvalue weighted by atomic mass is 16.5. The zero-order chi connectivity index (χ0) is 13.1. The van der Waals surface area contributed by atoms with Crippen molar-refractivity contribution < 1.29 is 4.74 Å². The van der Waals surface area contributed by atoms with Crippen molar-refractivity contribution in [3.05, 3.63) is 36.3 Å². The van der Waals surface area contributed by atoms with Crippen molar-refractivity contribution in [2.45, 2.75) is 25.3 Å². The normalized spacial score (nSPS) is 18.7. The van der Waals surface area contributed by atoms with Gasteiger partial charge >= 0.3 is 0 Å². The van der Waals surface area contributed by atoms with Crippen LogP contribution in [0.25, 0.3) is 11.3 Å². The Bertz CT molecular complexity index is 544. The summed E-state index contributed by atoms with van der Waals surface area (Å²) in [5.74, 6) is 1.92. The predicted octanol–water partition coefficient (Wildman–Crippen LogP) is 2.38. The molecule has 1 aliphatic rings. The molecular formula is C15H19N3O. The van der Waals surface area contributed by atoms with E-state index in [1.807, 2.05) is 24.4 Å². The molecule has 2 N–H and O–H groups in total. The third-order valence-electron chi connectivity index (χ3n) is 3.61. The van der Waals surface area contributed by atoms with E-state index in [1.165, 1.54) is 12.8 Å². The number of imidazole rings is 1. The minimum absolute atomic E-state index is 0.573. The fourth-order valence-electron chi connectivity index (χ4n) is 2.57.